The number of halogens is 4. The topological polar surface area (TPSA) is 113 Å². The van der Waals surface area contributed by atoms with E-state index in [1.54, 1.807) is 18.2 Å². The molecule has 1 spiro atoms. The van der Waals surface area contributed by atoms with Crippen LogP contribution in [0.4, 0.5) is 0 Å². The lowest BCUT2D eigenvalue weighted by Gasteiger charge is -2.38. The van der Waals surface area contributed by atoms with Crippen molar-refractivity contribution in [3.63, 3.8) is 0 Å². The monoisotopic (exact) mass is 512 g/mol. The maximum Gasteiger partial charge on any atom is 0.340 e. The van der Waals surface area contributed by atoms with Gasteiger partial charge in [0, 0.05) is 5.56 Å². The number of hydrogen-bond acceptors (Lipinski definition) is 6. The zero-order valence-corrected chi connectivity index (χ0v) is 18.4. The summed E-state index contributed by atoms with van der Waals surface area (Å²) in [5, 5.41) is 28.9. The van der Waals surface area contributed by atoms with Crippen molar-refractivity contribution in [2.24, 2.45) is 0 Å². The fraction of sp³-hybridized carbons (Fsp3) is 0.0476. The minimum Gasteiger partial charge on any atom is -0.505 e. The summed E-state index contributed by atoms with van der Waals surface area (Å²) < 4.78 is 11.6. The zero-order valence-electron chi connectivity index (χ0n) is 15.4. The van der Waals surface area contributed by atoms with Crippen molar-refractivity contribution in [1.82, 2.24) is 0 Å². The summed E-state index contributed by atoms with van der Waals surface area (Å²) in [6.07, 6.45) is 0. The summed E-state index contributed by atoms with van der Waals surface area (Å²) in [4.78, 5) is 24.6. The molecule has 7 nitrogen and oxygen atoms in total. The van der Waals surface area contributed by atoms with Crippen LogP contribution in [-0.4, -0.2) is 27.3 Å². The third-order valence-corrected chi connectivity index (χ3v) is 6.93. The summed E-state index contributed by atoms with van der Waals surface area (Å²) in [5.74, 6) is -4.04. The number of esters is 1. The Bertz CT molecular complexity index is 1400. The third kappa shape index (κ3) is 2.45. The minimum atomic E-state index is -1.88. The van der Waals surface area contributed by atoms with Gasteiger partial charge in [-0.15, -0.1) is 0 Å². The van der Waals surface area contributed by atoms with Crippen LogP contribution in [0.1, 0.15) is 37.4 Å². The molecule has 0 saturated carbocycles. The summed E-state index contributed by atoms with van der Waals surface area (Å²) in [7, 11) is 0. The van der Waals surface area contributed by atoms with Crippen molar-refractivity contribution in [3.05, 3.63) is 78.2 Å². The van der Waals surface area contributed by atoms with Crippen LogP contribution in [0, 0.1) is 0 Å². The molecule has 3 aromatic rings. The predicted octanol–water partition coefficient (Wildman–Crippen LogP) is 5.98. The number of ether oxygens (including phenoxy) is 2. The molecule has 0 amide bonds. The summed E-state index contributed by atoms with van der Waals surface area (Å²) in [6.45, 7) is 0. The van der Waals surface area contributed by atoms with Gasteiger partial charge in [0.1, 0.15) is 20.6 Å². The van der Waals surface area contributed by atoms with Crippen LogP contribution in [0.15, 0.2) is 30.3 Å². The number of carbonyl (C=O) groups excluding carboxylic acids is 1. The van der Waals surface area contributed by atoms with Crippen molar-refractivity contribution in [2.45, 2.75) is 5.60 Å². The highest BCUT2D eigenvalue weighted by Crippen LogP contribution is 2.64. The molecule has 3 N–H and O–H groups in total. The van der Waals surface area contributed by atoms with Gasteiger partial charge in [0.15, 0.2) is 28.6 Å². The summed E-state index contributed by atoms with van der Waals surface area (Å²) >= 11 is 25.2. The number of phenols is 2. The number of rotatable bonds is 1. The van der Waals surface area contributed by atoms with E-state index >= 15 is 0 Å². The van der Waals surface area contributed by atoms with E-state index in [1.807, 2.05) is 0 Å². The average Bonchev–Trinajstić information content (AvgIpc) is 3.06. The lowest BCUT2D eigenvalue weighted by Crippen LogP contribution is -2.34. The van der Waals surface area contributed by atoms with Crippen LogP contribution in [0.3, 0.4) is 0 Å². The van der Waals surface area contributed by atoms with Gasteiger partial charge in [0.25, 0.3) is 0 Å². The number of phenolic OH excluding ortho intramolecular Hbond substituents is 1. The molecule has 2 aliphatic rings. The zero-order chi connectivity index (χ0) is 23.1. The van der Waals surface area contributed by atoms with E-state index in [9.17, 15) is 24.9 Å². The number of carboxylic acid groups (broad SMARTS) is 1. The Labute approximate surface area is 199 Å². The number of fused-ring (bicyclic) bond motifs is 6. The molecule has 0 bridgehead atoms. The van der Waals surface area contributed by atoms with Gasteiger partial charge in [-0.2, -0.15) is 0 Å². The van der Waals surface area contributed by atoms with Gasteiger partial charge < -0.3 is 24.8 Å². The molecule has 0 aromatic heterocycles. The Kier molecular flexibility index (Phi) is 4.49. The van der Waals surface area contributed by atoms with E-state index in [4.69, 9.17) is 55.9 Å². The van der Waals surface area contributed by atoms with Crippen LogP contribution in [-0.2, 0) is 10.3 Å². The molecular formula is C21H8Cl4O7. The van der Waals surface area contributed by atoms with Gasteiger partial charge in [-0.1, -0.05) is 64.6 Å². The number of hydrogen-bond donors (Lipinski definition) is 3. The molecule has 3 aromatic carbocycles. The number of aromatic carboxylic acids is 1. The first kappa shape index (κ1) is 21.0. The Balaban J connectivity index is 2.03. The Morgan fingerprint density at radius 3 is 2.22 bits per heavy atom. The Morgan fingerprint density at radius 1 is 0.875 bits per heavy atom. The first-order valence-corrected chi connectivity index (χ1v) is 10.3. The van der Waals surface area contributed by atoms with Gasteiger partial charge in [-0.3, -0.25) is 0 Å². The molecule has 2 heterocycles. The van der Waals surface area contributed by atoms with Gasteiger partial charge in [0.2, 0.25) is 0 Å². The molecule has 162 valence electrons. The molecule has 0 saturated heterocycles. The summed E-state index contributed by atoms with van der Waals surface area (Å²) in [6, 6.07) is 7.41. The number of benzene rings is 3. The Hall–Kier alpha value is -2.84. The maximum atomic E-state index is 12.9. The molecule has 1 unspecified atom stereocenters. The van der Waals surface area contributed by atoms with E-state index in [2.05, 4.69) is 0 Å². The summed E-state index contributed by atoms with van der Waals surface area (Å²) in [5.41, 5.74) is -2.04. The second-order valence-corrected chi connectivity index (χ2v) is 8.49. The molecule has 2 aliphatic heterocycles. The molecular weight excluding hydrogens is 506 g/mol. The van der Waals surface area contributed by atoms with Crippen molar-refractivity contribution < 1.29 is 34.4 Å². The second-order valence-electron chi connectivity index (χ2n) is 6.98. The highest BCUT2D eigenvalue weighted by Gasteiger charge is 2.57. The lowest BCUT2D eigenvalue weighted by atomic mass is 9.77. The first-order valence-electron chi connectivity index (χ1n) is 8.81. The smallest absolute Gasteiger partial charge is 0.340 e. The van der Waals surface area contributed by atoms with Crippen molar-refractivity contribution in [3.8, 4) is 23.0 Å². The van der Waals surface area contributed by atoms with Crippen molar-refractivity contribution in [1.29, 1.82) is 0 Å². The first-order chi connectivity index (χ1) is 15.1. The van der Waals surface area contributed by atoms with E-state index in [1.165, 1.54) is 6.07 Å². The highest BCUT2D eigenvalue weighted by atomic mass is 35.5. The fourth-order valence-corrected chi connectivity index (χ4v) is 5.04. The maximum absolute atomic E-state index is 12.9. The van der Waals surface area contributed by atoms with Crippen LogP contribution < -0.4 is 4.74 Å². The molecule has 1 atom stereocenters. The second kappa shape index (κ2) is 6.83. The molecule has 0 aliphatic carbocycles. The molecule has 5 rings (SSSR count). The average molecular weight is 514 g/mol. The van der Waals surface area contributed by atoms with E-state index in [0.717, 1.165) is 6.07 Å². The molecule has 0 radical (unpaired) electrons. The lowest BCUT2D eigenvalue weighted by molar-refractivity contribution is 0.0224. The van der Waals surface area contributed by atoms with Gasteiger partial charge in [0.05, 0.1) is 21.7 Å². The normalized spacial score (nSPS) is 17.9. The predicted molar refractivity (Wildman–Crippen MR) is 115 cm³/mol. The highest BCUT2D eigenvalue weighted by molar-refractivity contribution is 6.46. The van der Waals surface area contributed by atoms with Gasteiger partial charge >= 0.3 is 11.9 Å². The van der Waals surface area contributed by atoms with Crippen molar-refractivity contribution in [2.75, 3.05) is 0 Å². The number of carbonyl (C=O) groups is 2. The largest absolute Gasteiger partial charge is 0.505 e. The van der Waals surface area contributed by atoms with Crippen LogP contribution in [0.2, 0.25) is 20.1 Å². The minimum absolute atomic E-state index is 0.0248. The SMILES string of the molecule is O=C1OC2(c3ccccc31)c1cc(C(=O)O)c(O)c(Cl)c1Oc1c(Cl)c(O)c(Cl)c(Cl)c12. The number of aromatic hydroxyl groups is 2. The van der Waals surface area contributed by atoms with E-state index in [0.29, 0.717) is 0 Å². The van der Waals surface area contributed by atoms with Crippen molar-refractivity contribution >= 4 is 58.3 Å². The number of carboxylic acids is 1. The Morgan fingerprint density at radius 2 is 1.53 bits per heavy atom. The molecule has 32 heavy (non-hydrogen) atoms. The van der Waals surface area contributed by atoms with Crippen LogP contribution in [0.5, 0.6) is 23.0 Å². The fourth-order valence-electron chi connectivity index (χ4n) is 4.02. The van der Waals surface area contributed by atoms with Crippen LogP contribution >= 0.6 is 46.4 Å². The third-order valence-electron chi connectivity index (χ3n) is 5.39. The quantitative estimate of drug-likeness (QED) is 0.271. The van der Waals surface area contributed by atoms with Crippen LogP contribution in [0.25, 0.3) is 0 Å². The van der Waals surface area contributed by atoms with E-state index in [-0.39, 0.29) is 48.8 Å². The molecule has 11 heteroatoms. The van der Waals surface area contributed by atoms with Gasteiger partial charge in [-0.25, -0.2) is 9.59 Å². The standard InChI is InChI=1S/C21H8Cl4O7/c22-11-10-18(14(25)16(27)12(11)23)31-17-9(5-7(19(28)29)15(26)13(17)24)21(10)8-4-2-1-3-6(8)20(30)32-21/h1-5,26-27H,(H,28,29). The van der Waals surface area contributed by atoms with E-state index < -0.39 is 39.6 Å². The van der Waals surface area contributed by atoms with Gasteiger partial charge in [-0.05, 0) is 12.1 Å². The molecule has 0 fully saturated rings.